The van der Waals surface area contributed by atoms with Crippen LogP contribution in [0.4, 0.5) is 8.78 Å². The van der Waals surface area contributed by atoms with Crippen molar-refractivity contribution in [3.8, 4) is 0 Å². The van der Waals surface area contributed by atoms with Crippen LogP contribution in [0.5, 0.6) is 0 Å². The van der Waals surface area contributed by atoms with E-state index in [4.69, 9.17) is 5.73 Å². The van der Waals surface area contributed by atoms with Gasteiger partial charge in [-0.3, -0.25) is 0 Å². The largest absolute Gasteiger partial charge is 0.330 e. The van der Waals surface area contributed by atoms with Crippen LogP contribution in [0.25, 0.3) is 0 Å². The van der Waals surface area contributed by atoms with Crippen molar-refractivity contribution in [1.82, 2.24) is 0 Å². The Bertz CT molecular complexity index is 293. The van der Waals surface area contributed by atoms with E-state index in [0.717, 1.165) is 18.4 Å². The fourth-order valence-electron chi connectivity index (χ4n) is 1.53. The molecule has 0 aliphatic carbocycles. The summed E-state index contributed by atoms with van der Waals surface area (Å²) in [6.07, 6.45) is 1.67. The average Bonchev–Trinajstić information content (AvgIpc) is 2.19. The van der Waals surface area contributed by atoms with Gasteiger partial charge in [0.25, 0.3) is 5.92 Å². The molecule has 0 unspecified atom stereocenters. The molecule has 0 bridgehead atoms. The molecule has 1 nitrogen and oxygen atoms in total. The van der Waals surface area contributed by atoms with Crippen LogP contribution in [0, 0.1) is 0 Å². The molecule has 84 valence electrons. The van der Waals surface area contributed by atoms with E-state index in [9.17, 15) is 8.78 Å². The quantitative estimate of drug-likeness (QED) is 0.799. The van der Waals surface area contributed by atoms with Crippen molar-refractivity contribution in [3.63, 3.8) is 0 Å². The Hall–Kier alpha value is -0.960. The summed E-state index contributed by atoms with van der Waals surface area (Å²) in [7, 11) is 0. The minimum absolute atomic E-state index is 0.00368. The van der Waals surface area contributed by atoms with Crippen molar-refractivity contribution in [1.29, 1.82) is 0 Å². The second-order valence-corrected chi connectivity index (χ2v) is 3.69. The van der Waals surface area contributed by atoms with Crippen LogP contribution in [0.1, 0.15) is 30.9 Å². The molecule has 0 heterocycles. The zero-order valence-corrected chi connectivity index (χ0v) is 8.97. The van der Waals surface area contributed by atoms with Crippen molar-refractivity contribution >= 4 is 0 Å². The molecule has 0 saturated carbocycles. The second-order valence-electron chi connectivity index (χ2n) is 3.69. The molecule has 1 aromatic carbocycles. The van der Waals surface area contributed by atoms with E-state index in [1.807, 2.05) is 0 Å². The summed E-state index contributed by atoms with van der Waals surface area (Å²) in [5, 5.41) is 0. The first-order valence-corrected chi connectivity index (χ1v) is 5.27. The van der Waals surface area contributed by atoms with E-state index in [-0.39, 0.29) is 18.5 Å². The number of aryl methyl sites for hydroxylation is 1. The van der Waals surface area contributed by atoms with E-state index >= 15 is 0 Å². The second kappa shape index (κ2) is 5.21. The molecule has 3 heteroatoms. The number of nitrogens with two attached hydrogens (primary N) is 1. The molecule has 2 N–H and O–H groups in total. The monoisotopic (exact) mass is 213 g/mol. The number of halogens is 2. The maximum absolute atomic E-state index is 13.4. The Balaban J connectivity index is 2.78. The van der Waals surface area contributed by atoms with Gasteiger partial charge in [0.2, 0.25) is 0 Å². The first-order valence-electron chi connectivity index (χ1n) is 5.27. The molecule has 0 aliphatic heterocycles. The van der Waals surface area contributed by atoms with E-state index in [0.29, 0.717) is 0 Å². The van der Waals surface area contributed by atoms with Gasteiger partial charge in [-0.2, -0.15) is 0 Å². The van der Waals surface area contributed by atoms with Gasteiger partial charge in [-0.05, 0) is 18.5 Å². The Morgan fingerprint density at radius 2 is 1.80 bits per heavy atom. The van der Waals surface area contributed by atoms with E-state index in [1.165, 1.54) is 12.1 Å². The van der Waals surface area contributed by atoms with Crippen molar-refractivity contribution < 1.29 is 8.78 Å². The van der Waals surface area contributed by atoms with Crippen molar-refractivity contribution in [3.05, 3.63) is 35.4 Å². The zero-order chi connectivity index (χ0) is 11.3. The highest BCUT2D eigenvalue weighted by molar-refractivity contribution is 5.25. The molecular weight excluding hydrogens is 196 g/mol. The maximum atomic E-state index is 13.4. The van der Waals surface area contributed by atoms with Gasteiger partial charge in [0.05, 0.1) is 0 Å². The third-order valence-corrected chi connectivity index (χ3v) is 2.37. The molecule has 0 atom stereocenters. The lowest BCUT2D eigenvalue weighted by atomic mass is 10.0. The van der Waals surface area contributed by atoms with E-state index < -0.39 is 5.92 Å². The molecular formula is C12H17F2N. The predicted octanol–water partition coefficient (Wildman–Crippen LogP) is 3.08. The topological polar surface area (TPSA) is 26.0 Å². The third kappa shape index (κ3) is 3.27. The van der Waals surface area contributed by atoms with Crippen LogP contribution in [0.15, 0.2) is 24.3 Å². The normalized spacial score (nSPS) is 11.7. The number of hydrogen-bond acceptors (Lipinski definition) is 1. The van der Waals surface area contributed by atoms with Gasteiger partial charge in [-0.25, -0.2) is 8.78 Å². The Morgan fingerprint density at radius 1 is 1.20 bits per heavy atom. The highest BCUT2D eigenvalue weighted by Crippen LogP contribution is 2.31. The van der Waals surface area contributed by atoms with E-state index in [2.05, 4.69) is 6.92 Å². The number of rotatable bonds is 5. The SMILES string of the molecule is CCCc1ccc(C(F)(F)CCN)cc1. The van der Waals surface area contributed by atoms with Gasteiger partial charge in [0.15, 0.2) is 0 Å². The van der Waals surface area contributed by atoms with Gasteiger partial charge in [-0.15, -0.1) is 0 Å². The summed E-state index contributed by atoms with van der Waals surface area (Å²) in [6.45, 7) is 2.07. The van der Waals surface area contributed by atoms with Gasteiger partial charge in [-0.1, -0.05) is 37.6 Å². The standard InChI is InChI=1S/C12H17F2N/c1-2-3-10-4-6-11(7-5-10)12(13,14)8-9-15/h4-7H,2-3,8-9,15H2,1H3. The number of benzene rings is 1. The predicted molar refractivity (Wildman–Crippen MR) is 58.0 cm³/mol. The van der Waals surface area contributed by atoms with Crippen molar-refractivity contribution in [2.75, 3.05) is 6.54 Å². The highest BCUT2D eigenvalue weighted by atomic mass is 19.3. The van der Waals surface area contributed by atoms with Crippen LogP contribution >= 0.6 is 0 Å². The third-order valence-electron chi connectivity index (χ3n) is 2.37. The van der Waals surface area contributed by atoms with Crippen LogP contribution < -0.4 is 5.73 Å². The summed E-state index contributed by atoms with van der Waals surface area (Å²) in [5.41, 5.74) is 6.31. The number of alkyl halides is 2. The average molecular weight is 213 g/mol. The molecule has 0 aromatic heterocycles. The molecule has 0 saturated heterocycles. The fraction of sp³-hybridized carbons (Fsp3) is 0.500. The highest BCUT2D eigenvalue weighted by Gasteiger charge is 2.29. The van der Waals surface area contributed by atoms with Crippen LogP contribution in [0.2, 0.25) is 0 Å². The van der Waals surface area contributed by atoms with Crippen LogP contribution in [-0.2, 0) is 12.3 Å². The van der Waals surface area contributed by atoms with Gasteiger partial charge < -0.3 is 5.73 Å². The Kier molecular flexibility index (Phi) is 4.21. The molecule has 15 heavy (non-hydrogen) atoms. The summed E-state index contributed by atoms with van der Waals surface area (Å²) in [4.78, 5) is 0. The van der Waals surface area contributed by atoms with E-state index in [1.54, 1.807) is 12.1 Å². The van der Waals surface area contributed by atoms with Crippen molar-refractivity contribution in [2.24, 2.45) is 5.73 Å². The van der Waals surface area contributed by atoms with Gasteiger partial charge in [0.1, 0.15) is 0 Å². The first kappa shape index (κ1) is 12.1. The molecule has 0 amide bonds. The zero-order valence-electron chi connectivity index (χ0n) is 8.97. The summed E-state index contributed by atoms with van der Waals surface area (Å²) in [6, 6.07) is 6.54. The number of hydrogen-bond donors (Lipinski definition) is 1. The molecule has 0 spiro atoms. The molecule has 1 rings (SSSR count). The summed E-state index contributed by atoms with van der Waals surface area (Å²) < 4.78 is 26.8. The summed E-state index contributed by atoms with van der Waals surface area (Å²) >= 11 is 0. The fourth-order valence-corrected chi connectivity index (χ4v) is 1.53. The molecule has 0 radical (unpaired) electrons. The van der Waals surface area contributed by atoms with Gasteiger partial charge >= 0.3 is 0 Å². The molecule has 1 aromatic rings. The van der Waals surface area contributed by atoms with Crippen molar-refractivity contribution in [2.45, 2.75) is 32.1 Å². The lowest BCUT2D eigenvalue weighted by molar-refractivity contribution is -0.0107. The van der Waals surface area contributed by atoms with Crippen LogP contribution in [-0.4, -0.2) is 6.54 Å². The van der Waals surface area contributed by atoms with Crippen LogP contribution in [0.3, 0.4) is 0 Å². The molecule has 0 aliphatic rings. The Labute approximate surface area is 89.3 Å². The summed E-state index contributed by atoms with van der Waals surface area (Å²) in [5.74, 6) is -2.79. The van der Waals surface area contributed by atoms with Gasteiger partial charge in [0, 0.05) is 12.0 Å². The Morgan fingerprint density at radius 3 is 2.27 bits per heavy atom. The maximum Gasteiger partial charge on any atom is 0.274 e. The minimum Gasteiger partial charge on any atom is -0.330 e. The lowest BCUT2D eigenvalue weighted by Gasteiger charge is -2.15. The lowest BCUT2D eigenvalue weighted by Crippen LogP contribution is -2.18. The smallest absolute Gasteiger partial charge is 0.274 e. The first-order chi connectivity index (χ1) is 7.10. The molecule has 0 fully saturated rings. The minimum atomic E-state index is -2.79.